The fourth-order valence-electron chi connectivity index (χ4n) is 2.08. The zero-order chi connectivity index (χ0) is 10.2. The van der Waals surface area contributed by atoms with Gasteiger partial charge in [-0.25, -0.2) is 0 Å². The third-order valence-electron chi connectivity index (χ3n) is 3.50. The van der Waals surface area contributed by atoms with Crippen LogP contribution in [-0.2, 0) is 4.79 Å². The molecule has 1 amide bonds. The molecule has 2 N–H and O–H groups in total. The van der Waals surface area contributed by atoms with Crippen LogP contribution < -0.4 is 10.6 Å². The van der Waals surface area contributed by atoms with Crippen LogP contribution in [0, 0.1) is 5.41 Å². The maximum Gasteiger partial charge on any atom is 0.221 e. The molecule has 0 aromatic heterocycles. The first-order valence-corrected chi connectivity index (χ1v) is 5.53. The normalized spacial score (nSPS) is 34.1. The number of hydrogen-bond acceptors (Lipinski definition) is 2. The molecular formula is C11H20N2O. The molecule has 80 valence electrons. The van der Waals surface area contributed by atoms with Crippen molar-refractivity contribution in [2.24, 2.45) is 5.41 Å². The second kappa shape index (κ2) is 3.23. The van der Waals surface area contributed by atoms with E-state index in [1.54, 1.807) is 0 Å². The summed E-state index contributed by atoms with van der Waals surface area (Å²) in [4.78, 5) is 11.7. The Bertz CT molecular complexity index is 240. The number of amides is 1. The minimum absolute atomic E-state index is 0.00231. The van der Waals surface area contributed by atoms with Crippen LogP contribution in [0.2, 0.25) is 0 Å². The average Bonchev–Trinajstić information content (AvgIpc) is 2.60. The van der Waals surface area contributed by atoms with Gasteiger partial charge in [-0.05, 0) is 38.1 Å². The van der Waals surface area contributed by atoms with E-state index in [0.29, 0.717) is 11.8 Å². The third kappa shape index (κ3) is 2.27. The number of rotatable bonds is 3. The standard InChI is InChI=1S/C11H20N2O/c1-10(3-4-10)7-9(14)13-11(2)5-6-12-8-11/h12H,3-8H2,1-2H3,(H,13,14). The SMILES string of the molecule is CC1(CC(=O)NC2(C)CCNC2)CC1. The van der Waals surface area contributed by atoms with Crippen molar-refractivity contribution in [1.29, 1.82) is 0 Å². The Balaban J connectivity index is 1.81. The molecule has 1 saturated heterocycles. The Morgan fingerprint density at radius 2 is 2.07 bits per heavy atom. The van der Waals surface area contributed by atoms with E-state index in [9.17, 15) is 4.79 Å². The van der Waals surface area contributed by atoms with E-state index < -0.39 is 0 Å². The Morgan fingerprint density at radius 1 is 1.36 bits per heavy atom. The Morgan fingerprint density at radius 3 is 2.57 bits per heavy atom. The van der Waals surface area contributed by atoms with Crippen LogP contribution in [0.5, 0.6) is 0 Å². The van der Waals surface area contributed by atoms with Crippen molar-refractivity contribution in [3.63, 3.8) is 0 Å². The number of carbonyl (C=O) groups excluding carboxylic acids is 1. The predicted octanol–water partition coefficient (Wildman–Crippen LogP) is 1.04. The van der Waals surface area contributed by atoms with E-state index in [0.717, 1.165) is 19.5 Å². The van der Waals surface area contributed by atoms with Gasteiger partial charge in [0.1, 0.15) is 0 Å². The molecular weight excluding hydrogens is 176 g/mol. The van der Waals surface area contributed by atoms with Crippen molar-refractivity contribution in [1.82, 2.24) is 10.6 Å². The van der Waals surface area contributed by atoms with Crippen molar-refractivity contribution in [2.45, 2.75) is 45.1 Å². The number of carbonyl (C=O) groups is 1. The summed E-state index contributed by atoms with van der Waals surface area (Å²) < 4.78 is 0. The zero-order valence-corrected chi connectivity index (χ0v) is 9.15. The summed E-state index contributed by atoms with van der Waals surface area (Å²) in [6.07, 6.45) is 4.20. The molecule has 14 heavy (non-hydrogen) atoms. The molecule has 2 rings (SSSR count). The van der Waals surface area contributed by atoms with Crippen molar-refractivity contribution >= 4 is 5.91 Å². The molecule has 1 atom stereocenters. The highest BCUT2D eigenvalue weighted by atomic mass is 16.1. The highest BCUT2D eigenvalue weighted by molar-refractivity contribution is 5.78. The summed E-state index contributed by atoms with van der Waals surface area (Å²) in [5, 5.41) is 6.43. The summed E-state index contributed by atoms with van der Waals surface area (Å²) in [7, 11) is 0. The minimum atomic E-state index is 0.00231. The molecule has 1 heterocycles. The molecule has 0 radical (unpaired) electrons. The molecule has 1 aliphatic heterocycles. The molecule has 0 bridgehead atoms. The first kappa shape index (κ1) is 9.97. The second-order valence-corrected chi connectivity index (χ2v) is 5.52. The van der Waals surface area contributed by atoms with Crippen molar-refractivity contribution < 1.29 is 4.79 Å². The summed E-state index contributed by atoms with van der Waals surface area (Å²) in [5.74, 6) is 0.233. The van der Waals surface area contributed by atoms with E-state index >= 15 is 0 Å². The molecule has 1 saturated carbocycles. The van der Waals surface area contributed by atoms with Crippen LogP contribution in [0.4, 0.5) is 0 Å². The van der Waals surface area contributed by atoms with Gasteiger partial charge in [0.05, 0.1) is 5.54 Å². The van der Waals surface area contributed by atoms with Gasteiger partial charge in [0.25, 0.3) is 0 Å². The predicted molar refractivity (Wildman–Crippen MR) is 56.0 cm³/mol. The molecule has 2 fully saturated rings. The molecule has 0 spiro atoms. The Hall–Kier alpha value is -0.570. The van der Waals surface area contributed by atoms with Crippen molar-refractivity contribution in [2.75, 3.05) is 13.1 Å². The highest BCUT2D eigenvalue weighted by Crippen LogP contribution is 2.48. The van der Waals surface area contributed by atoms with E-state index in [1.807, 2.05) is 0 Å². The van der Waals surface area contributed by atoms with Crippen molar-refractivity contribution in [3.05, 3.63) is 0 Å². The zero-order valence-electron chi connectivity index (χ0n) is 9.15. The fraction of sp³-hybridized carbons (Fsp3) is 0.909. The molecule has 3 nitrogen and oxygen atoms in total. The van der Waals surface area contributed by atoms with Crippen LogP contribution in [0.25, 0.3) is 0 Å². The van der Waals surface area contributed by atoms with Gasteiger partial charge < -0.3 is 10.6 Å². The quantitative estimate of drug-likeness (QED) is 0.708. The fourth-order valence-corrected chi connectivity index (χ4v) is 2.08. The molecule has 0 aromatic rings. The summed E-state index contributed by atoms with van der Waals surface area (Å²) in [6.45, 7) is 6.26. The Kier molecular flexibility index (Phi) is 2.30. The van der Waals surface area contributed by atoms with Gasteiger partial charge in [0.2, 0.25) is 5.91 Å². The van der Waals surface area contributed by atoms with Gasteiger partial charge in [0, 0.05) is 13.0 Å². The first-order valence-electron chi connectivity index (χ1n) is 5.53. The van der Waals surface area contributed by atoms with Crippen LogP contribution >= 0.6 is 0 Å². The maximum absolute atomic E-state index is 11.7. The largest absolute Gasteiger partial charge is 0.350 e. The monoisotopic (exact) mass is 196 g/mol. The smallest absolute Gasteiger partial charge is 0.221 e. The number of nitrogens with one attached hydrogen (secondary N) is 2. The molecule has 0 aromatic carbocycles. The molecule has 2 aliphatic rings. The van der Waals surface area contributed by atoms with Gasteiger partial charge in [-0.2, -0.15) is 0 Å². The van der Waals surface area contributed by atoms with Gasteiger partial charge in [-0.3, -0.25) is 4.79 Å². The first-order chi connectivity index (χ1) is 6.52. The lowest BCUT2D eigenvalue weighted by atomic mass is 9.99. The lowest BCUT2D eigenvalue weighted by molar-refractivity contribution is -0.123. The molecule has 1 aliphatic carbocycles. The van der Waals surface area contributed by atoms with Crippen LogP contribution in [0.1, 0.15) is 39.5 Å². The van der Waals surface area contributed by atoms with Gasteiger partial charge >= 0.3 is 0 Å². The van der Waals surface area contributed by atoms with Gasteiger partial charge in [-0.1, -0.05) is 6.92 Å². The van der Waals surface area contributed by atoms with Crippen LogP contribution in [0.3, 0.4) is 0 Å². The van der Waals surface area contributed by atoms with E-state index in [-0.39, 0.29) is 11.4 Å². The van der Waals surface area contributed by atoms with Crippen LogP contribution in [-0.4, -0.2) is 24.5 Å². The van der Waals surface area contributed by atoms with Gasteiger partial charge in [0.15, 0.2) is 0 Å². The topological polar surface area (TPSA) is 41.1 Å². The van der Waals surface area contributed by atoms with Crippen LogP contribution in [0.15, 0.2) is 0 Å². The summed E-state index contributed by atoms with van der Waals surface area (Å²) in [5.41, 5.74) is 0.328. The van der Waals surface area contributed by atoms with E-state index in [2.05, 4.69) is 24.5 Å². The average molecular weight is 196 g/mol. The lowest BCUT2D eigenvalue weighted by Crippen LogP contribution is -2.47. The van der Waals surface area contributed by atoms with E-state index in [4.69, 9.17) is 0 Å². The third-order valence-corrected chi connectivity index (χ3v) is 3.50. The minimum Gasteiger partial charge on any atom is -0.350 e. The van der Waals surface area contributed by atoms with Crippen molar-refractivity contribution in [3.8, 4) is 0 Å². The maximum atomic E-state index is 11.7. The summed E-state index contributed by atoms with van der Waals surface area (Å²) in [6, 6.07) is 0. The molecule has 1 unspecified atom stereocenters. The number of hydrogen-bond donors (Lipinski definition) is 2. The highest BCUT2D eigenvalue weighted by Gasteiger charge is 2.40. The lowest BCUT2D eigenvalue weighted by Gasteiger charge is -2.25. The van der Waals surface area contributed by atoms with E-state index in [1.165, 1.54) is 12.8 Å². The molecule has 3 heteroatoms. The summed E-state index contributed by atoms with van der Waals surface area (Å²) >= 11 is 0. The van der Waals surface area contributed by atoms with Gasteiger partial charge in [-0.15, -0.1) is 0 Å². The Labute approximate surface area is 85.6 Å². The second-order valence-electron chi connectivity index (χ2n) is 5.52.